The van der Waals surface area contributed by atoms with Gasteiger partial charge in [-0.15, -0.1) is 0 Å². The second-order valence-electron chi connectivity index (χ2n) is 5.34. The van der Waals surface area contributed by atoms with Gasteiger partial charge >= 0.3 is 16.4 Å². The van der Waals surface area contributed by atoms with Crippen LogP contribution in [0.15, 0.2) is 48.5 Å². The number of nitro groups is 1. The zero-order valence-corrected chi connectivity index (χ0v) is 16.7. The Balaban J connectivity index is 1.98. The first-order chi connectivity index (χ1) is 12.7. The summed E-state index contributed by atoms with van der Waals surface area (Å²) in [5.74, 6) is -1.55. The van der Waals surface area contributed by atoms with E-state index in [1.54, 1.807) is 0 Å². The molecule has 142 valence electrons. The molecule has 2 aromatic rings. The number of ether oxygens (including phenoxy) is 2. The Labute approximate surface area is 172 Å². The predicted molar refractivity (Wildman–Crippen MR) is 102 cm³/mol. The van der Waals surface area contributed by atoms with Gasteiger partial charge in [0.05, 0.1) is 11.1 Å². The molecule has 0 amide bonds. The Morgan fingerprint density at radius 1 is 0.889 bits per heavy atom. The van der Waals surface area contributed by atoms with Crippen molar-refractivity contribution in [2.75, 3.05) is 13.2 Å². The quantitative estimate of drug-likeness (QED) is 0.193. The van der Waals surface area contributed by atoms with Crippen LogP contribution in [0.1, 0.15) is 20.7 Å². The van der Waals surface area contributed by atoms with Gasteiger partial charge in [-0.2, -0.15) is 0 Å². The number of rotatable bonds is 7. The Bertz CT molecular complexity index is 780. The van der Waals surface area contributed by atoms with E-state index in [0.717, 1.165) is 0 Å². The van der Waals surface area contributed by atoms with E-state index in [0.29, 0.717) is 10.0 Å². The minimum atomic E-state index is -1.99. The molecule has 0 bridgehead atoms. The molecule has 2 rings (SSSR count). The molecular formula is C17H12BrCl2NO6. The molecule has 27 heavy (non-hydrogen) atoms. The minimum absolute atomic E-state index is 0.177. The van der Waals surface area contributed by atoms with Gasteiger partial charge in [0, 0.05) is 30.9 Å². The van der Waals surface area contributed by atoms with Gasteiger partial charge in [0.25, 0.3) is 0 Å². The number of halogens is 3. The van der Waals surface area contributed by atoms with Crippen molar-refractivity contribution in [3.63, 3.8) is 0 Å². The maximum absolute atomic E-state index is 12.0. The van der Waals surface area contributed by atoms with Crippen molar-refractivity contribution in [2.24, 2.45) is 0 Å². The van der Waals surface area contributed by atoms with E-state index in [2.05, 4.69) is 15.9 Å². The molecule has 0 radical (unpaired) electrons. The molecular weight excluding hydrogens is 465 g/mol. The van der Waals surface area contributed by atoms with Crippen LogP contribution in [0.5, 0.6) is 0 Å². The van der Waals surface area contributed by atoms with Crippen molar-refractivity contribution in [3.05, 3.63) is 79.8 Å². The number of carbonyl (C=O) groups is 2. The standard InChI is InChI=1S/C17H12BrCl2NO6/c18-17(21(24)25,9-26-15(22)11-1-5-13(19)6-2-11)10-27-16(23)12-3-7-14(20)8-4-12/h1-8H,9-10H2. The highest BCUT2D eigenvalue weighted by atomic mass is 79.9. The first-order valence-corrected chi connectivity index (χ1v) is 8.95. The molecule has 0 saturated carbocycles. The molecule has 7 nitrogen and oxygen atoms in total. The summed E-state index contributed by atoms with van der Waals surface area (Å²) in [7, 11) is 0. The lowest BCUT2D eigenvalue weighted by Gasteiger charge is -2.18. The van der Waals surface area contributed by atoms with Gasteiger partial charge in [0.2, 0.25) is 0 Å². The predicted octanol–water partition coefficient (Wildman–Crippen LogP) is 4.38. The summed E-state index contributed by atoms with van der Waals surface area (Å²) in [5, 5.41) is 12.2. The Hall–Kier alpha value is -2.16. The molecule has 0 fully saturated rings. The number of carbonyl (C=O) groups excluding carboxylic acids is 2. The average molecular weight is 477 g/mol. The number of hydrogen-bond acceptors (Lipinski definition) is 6. The molecule has 0 aliphatic carbocycles. The average Bonchev–Trinajstić information content (AvgIpc) is 2.65. The summed E-state index contributed by atoms with van der Waals surface area (Å²) in [6.45, 7) is -1.31. The van der Waals surface area contributed by atoms with Gasteiger partial charge < -0.3 is 9.47 Å². The van der Waals surface area contributed by atoms with Crippen LogP contribution in [-0.2, 0) is 9.47 Å². The first kappa shape index (κ1) is 21.1. The van der Waals surface area contributed by atoms with Crippen molar-refractivity contribution >= 4 is 51.1 Å². The van der Waals surface area contributed by atoms with Gasteiger partial charge in [-0.3, -0.25) is 10.1 Å². The molecule has 0 aliphatic heterocycles. The molecule has 0 spiro atoms. The molecule has 0 aliphatic rings. The Kier molecular flexibility index (Phi) is 7.18. The van der Waals surface area contributed by atoms with Crippen molar-refractivity contribution < 1.29 is 24.0 Å². The fraction of sp³-hybridized carbons (Fsp3) is 0.176. The number of nitrogens with zero attached hydrogens (tertiary/aromatic N) is 1. The third-order valence-electron chi connectivity index (χ3n) is 3.34. The summed E-state index contributed by atoms with van der Waals surface area (Å²) in [5.41, 5.74) is 0.353. The van der Waals surface area contributed by atoms with E-state index in [1.807, 2.05) is 0 Å². The summed E-state index contributed by atoms with van der Waals surface area (Å²) in [4.78, 5) is 34.6. The highest BCUT2D eigenvalue weighted by Crippen LogP contribution is 2.22. The molecule has 0 heterocycles. The van der Waals surface area contributed by atoms with Crippen LogP contribution in [0.25, 0.3) is 0 Å². The highest BCUT2D eigenvalue weighted by molar-refractivity contribution is 9.10. The molecule has 10 heteroatoms. The van der Waals surface area contributed by atoms with Gasteiger partial charge in [-0.1, -0.05) is 23.2 Å². The lowest BCUT2D eigenvalue weighted by molar-refractivity contribution is -0.541. The maximum atomic E-state index is 12.0. The number of benzene rings is 2. The van der Waals surface area contributed by atoms with E-state index in [-0.39, 0.29) is 11.1 Å². The summed E-state index contributed by atoms with van der Waals surface area (Å²) in [6, 6.07) is 11.6. The topological polar surface area (TPSA) is 95.7 Å². The Morgan fingerprint density at radius 2 is 1.22 bits per heavy atom. The molecule has 0 unspecified atom stereocenters. The SMILES string of the molecule is O=C(OCC(Br)(COC(=O)c1ccc(Cl)cc1)[N+](=O)[O-])c1ccc(Cl)cc1. The lowest BCUT2D eigenvalue weighted by atomic mass is 10.2. The van der Waals surface area contributed by atoms with Gasteiger partial charge in [0.1, 0.15) is 0 Å². The van der Waals surface area contributed by atoms with Gasteiger partial charge in [-0.25, -0.2) is 9.59 Å². The van der Waals surface area contributed by atoms with Crippen LogP contribution in [0.3, 0.4) is 0 Å². The van der Waals surface area contributed by atoms with Crippen LogP contribution in [0, 0.1) is 10.1 Å². The van der Waals surface area contributed by atoms with Crippen LogP contribution in [-0.4, -0.2) is 34.5 Å². The van der Waals surface area contributed by atoms with E-state index in [1.165, 1.54) is 48.5 Å². The first-order valence-electron chi connectivity index (χ1n) is 7.40. The van der Waals surface area contributed by atoms with Crippen LogP contribution < -0.4 is 0 Å². The smallest absolute Gasteiger partial charge is 0.341 e. The van der Waals surface area contributed by atoms with Gasteiger partial charge in [-0.05, 0) is 48.5 Å². The summed E-state index contributed by atoms with van der Waals surface area (Å²) < 4.78 is 7.95. The van der Waals surface area contributed by atoms with Crippen molar-refractivity contribution in [2.45, 2.75) is 4.45 Å². The van der Waals surface area contributed by atoms with E-state index >= 15 is 0 Å². The Morgan fingerprint density at radius 3 is 1.52 bits per heavy atom. The summed E-state index contributed by atoms with van der Waals surface area (Å²) >= 11 is 14.3. The van der Waals surface area contributed by atoms with E-state index < -0.39 is 34.5 Å². The molecule has 2 aromatic carbocycles. The van der Waals surface area contributed by atoms with Gasteiger partial charge in [0.15, 0.2) is 13.2 Å². The minimum Gasteiger partial charge on any atom is -0.453 e. The third kappa shape index (κ3) is 5.92. The molecule has 0 N–H and O–H groups in total. The monoisotopic (exact) mass is 475 g/mol. The van der Waals surface area contributed by atoms with Crippen molar-refractivity contribution in [3.8, 4) is 0 Å². The summed E-state index contributed by atoms with van der Waals surface area (Å²) in [6.07, 6.45) is 0. The molecule has 0 aromatic heterocycles. The zero-order valence-electron chi connectivity index (χ0n) is 13.6. The van der Waals surface area contributed by atoms with Crippen LogP contribution in [0.4, 0.5) is 0 Å². The fourth-order valence-electron chi connectivity index (χ4n) is 1.84. The largest absolute Gasteiger partial charge is 0.453 e. The van der Waals surface area contributed by atoms with Crippen molar-refractivity contribution in [1.29, 1.82) is 0 Å². The number of alkyl halides is 1. The third-order valence-corrected chi connectivity index (χ3v) is 4.59. The second-order valence-corrected chi connectivity index (χ2v) is 7.69. The van der Waals surface area contributed by atoms with Crippen LogP contribution >= 0.6 is 39.1 Å². The number of esters is 2. The van der Waals surface area contributed by atoms with E-state index in [4.69, 9.17) is 32.7 Å². The molecule has 0 saturated heterocycles. The normalized spacial score (nSPS) is 10.9. The number of hydrogen-bond donors (Lipinski definition) is 0. The lowest BCUT2D eigenvalue weighted by Crippen LogP contribution is -2.42. The molecule has 0 atom stereocenters. The maximum Gasteiger partial charge on any atom is 0.341 e. The van der Waals surface area contributed by atoms with E-state index in [9.17, 15) is 19.7 Å². The zero-order chi connectivity index (χ0) is 20.0. The fourth-order valence-corrected chi connectivity index (χ4v) is 2.32. The van der Waals surface area contributed by atoms with Crippen LogP contribution in [0.2, 0.25) is 10.0 Å². The van der Waals surface area contributed by atoms with Crippen molar-refractivity contribution in [1.82, 2.24) is 0 Å². The highest BCUT2D eigenvalue weighted by Gasteiger charge is 2.43. The second kappa shape index (κ2) is 9.16.